The largest absolute Gasteiger partial charge is 0.369 e. The molecule has 2 amide bonds. The van der Waals surface area contributed by atoms with Crippen LogP contribution in [0, 0.1) is 12.8 Å². The molecule has 230 valence electrons. The number of unbranched alkanes of at least 4 members (excludes halogenated alkanes) is 1. The molecule has 2 aliphatic rings. The van der Waals surface area contributed by atoms with Gasteiger partial charge in [-0.15, -0.1) is 0 Å². The van der Waals surface area contributed by atoms with E-state index in [2.05, 4.69) is 20.8 Å². The molecular weight excluding hydrogens is 520 g/mol. The molecule has 1 aromatic heterocycles. The molecule has 1 aliphatic heterocycles. The average molecular weight is 573 g/mol. The molecule has 1 atom stereocenters. The van der Waals surface area contributed by atoms with Gasteiger partial charge in [0.05, 0.1) is 10.9 Å². The van der Waals surface area contributed by atoms with Gasteiger partial charge < -0.3 is 14.5 Å². The van der Waals surface area contributed by atoms with E-state index in [4.69, 9.17) is 4.74 Å². The van der Waals surface area contributed by atoms with Crippen LogP contribution >= 0.6 is 0 Å². The Labute approximate surface area is 245 Å². The normalized spacial score (nSPS) is 16.4. The minimum atomic E-state index is -0.373. The molecule has 1 saturated carbocycles. The molecule has 41 heavy (non-hydrogen) atoms. The van der Waals surface area contributed by atoms with Crippen LogP contribution in [-0.4, -0.2) is 69.6 Å². The highest BCUT2D eigenvalue weighted by Gasteiger charge is 2.31. The van der Waals surface area contributed by atoms with Gasteiger partial charge in [0.1, 0.15) is 6.10 Å². The third-order valence-corrected chi connectivity index (χ3v) is 7.69. The molecule has 1 saturated heterocycles. The van der Waals surface area contributed by atoms with E-state index < -0.39 is 0 Å². The van der Waals surface area contributed by atoms with Crippen molar-refractivity contribution in [1.29, 1.82) is 0 Å². The number of carbonyl (C=O) groups excluding carboxylic acids is 2. The number of carbonyl (C=O) groups is 2. The number of aromatic nitrogens is 2. The Morgan fingerprint density at radius 1 is 0.927 bits per heavy atom. The molecule has 9 heteroatoms. The maximum Gasteiger partial charge on any atom is 0.330 e. The standard InChI is InChI=1S/C18H32N2O3.C11H12N2O2.C3H8/c1-3-4-14-23-15(2)17(21)19-10-12-20(13-11-19)18(22)16-8-6-5-7-9-16;1-7-4-5-9-8(6-7)10(14)13(3)11(15)12(9)2;1-3-2/h15-16H,3-14H2,1-2H3;4-6H,1-3H3;3H2,1-2H3. The van der Waals surface area contributed by atoms with Crippen LogP contribution in [0.3, 0.4) is 0 Å². The van der Waals surface area contributed by atoms with E-state index >= 15 is 0 Å². The minimum Gasteiger partial charge on any atom is -0.369 e. The number of fused-ring (bicyclic) bond motifs is 1. The fourth-order valence-electron chi connectivity index (χ4n) is 5.20. The smallest absolute Gasteiger partial charge is 0.330 e. The quantitative estimate of drug-likeness (QED) is 0.478. The van der Waals surface area contributed by atoms with Crippen LogP contribution in [0.25, 0.3) is 10.9 Å². The van der Waals surface area contributed by atoms with E-state index in [9.17, 15) is 19.2 Å². The van der Waals surface area contributed by atoms with Crippen LogP contribution < -0.4 is 11.2 Å². The maximum atomic E-state index is 12.5. The number of nitrogens with zero attached hydrogens (tertiary/aromatic N) is 4. The highest BCUT2D eigenvalue weighted by Crippen LogP contribution is 2.26. The Morgan fingerprint density at radius 3 is 2.10 bits per heavy atom. The van der Waals surface area contributed by atoms with Crippen molar-refractivity contribution < 1.29 is 14.3 Å². The summed E-state index contributed by atoms with van der Waals surface area (Å²) in [6.45, 7) is 13.4. The van der Waals surface area contributed by atoms with Gasteiger partial charge in [0, 0.05) is 52.8 Å². The lowest BCUT2D eigenvalue weighted by Gasteiger charge is -2.38. The number of ether oxygens (including phenoxy) is 1. The van der Waals surface area contributed by atoms with Crippen LogP contribution in [-0.2, 0) is 28.4 Å². The second kappa shape index (κ2) is 17.1. The van der Waals surface area contributed by atoms with Gasteiger partial charge in [0.25, 0.3) is 11.5 Å². The van der Waals surface area contributed by atoms with Crippen molar-refractivity contribution >= 4 is 22.7 Å². The lowest BCUT2D eigenvalue weighted by atomic mass is 9.88. The van der Waals surface area contributed by atoms with Crippen LogP contribution in [0.15, 0.2) is 27.8 Å². The zero-order valence-electron chi connectivity index (χ0n) is 26.4. The monoisotopic (exact) mass is 572 g/mol. The topological polar surface area (TPSA) is 93.8 Å². The zero-order chi connectivity index (χ0) is 30.5. The summed E-state index contributed by atoms with van der Waals surface area (Å²) in [5.74, 6) is 0.595. The molecule has 0 N–H and O–H groups in total. The van der Waals surface area contributed by atoms with E-state index in [0.717, 1.165) is 35.8 Å². The van der Waals surface area contributed by atoms with Gasteiger partial charge >= 0.3 is 5.69 Å². The zero-order valence-corrected chi connectivity index (χ0v) is 26.4. The van der Waals surface area contributed by atoms with E-state index in [1.807, 2.05) is 29.7 Å². The maximum absolute atomic E-state index is 12.5. The minimum absolute atomic E-state index is 0.0610. The summed E-state index contributed by atoms with van der Waals surface area (Å²) in [7, 11) is 3.16. The molecule has 2 heterocycles. The third kappa shape index (κ3) is 9.55. The Kier molecular flexibility index (Phi) is 14.3. The predicted octanol–water partition coefficient (Wildman–Crippen LogP) is 4.40. The van der Waals surface area contributed by atoms with Crippen molar-refractivity contribution in [3.63, 3.8) is 0 Å². The molecule has 4 rings (SSSR count). The molecular formula is C32H52N4O5. The van der Waals surface area contributed by atoms with E-state index in [1.165, 1.54) is 37.3 Å². The van der Waals surface area contributed by atoms with E-state index in [-0.39, 0.29) is 29.2 Å². The fourth-order valence-corrected chi connectivity index (χ4v) is 5.20. The number of hydrogen-bond donors (Lipinski definition) is 0. The number of benzene rings is 1. The highest BCUT2D eigenvalue weighted by atomic mass is 16.5. The molecule has 2 aromatic rings. The number of piperazine rings is 1. The molecule has 0 radical (unpaired) electrons. The summed E-state index contributed by atoms with van der Waals surface area (Å²) in [6.07, 6.45) is 8.65. The van der Waals surface area contributed by atoms with Crippen molar-refractivity contribution in [2.45, 2.75) is 92.1 Å². The Bertz CT molecular complexity index is 1240. The van der Waals surface area contributed by atoms with E-state index in [0.29, 0.717) is 49.6 Å². The van der Waals surface area contributed by atoms with Crippen molar-refractivity contribution in [3.05, 3.63) is 44.6 Å². The second-order valence-corrected chi connectivity index (χ2v) is 11.3. The number of amides is 2. The summed E-state index contributed by atoms with van der Waals surface area (Å²) < 4.78 is 8.20. The lowest BCUT2D eigenvalue weighted by molar-refractivity contribution is -0.148. The van der Waals surface area contributed by atoms with Gasteiger partial charge in [0.2, 0.25) is 5.91 Å². The molecule has 1 aromatic carbocycles. The molecule has 0 spiro atoms. The van der Waals surface area contributed by atoms with Gasteiger partial charge in [-0.1, -0.05) is 64.5 Å². The number of aryl methyl sites for hydroxylation is 2. The SMILES string of the molecule is CCC.CCCCOC(C)C(=O)N1CCN(C(=O)C2CCCCC2)CC1.Cc1ccc2c(c1)c(=O)n(C)c(=O)n2C. The van der Waals surface area contributed by atoms with Gasteiger partial charge in [-0.3, -0.25) is 23.5 Å². The van der Waals surface area contributed by atoms with Crippen LogP contribution in [0.1, 0.15) is 84.6 Å². The van der Waals surface area contributed by atoms with E-state index in [1.54, 1.807) is 19.2 Å². The van der Waals surface area contributed by atoms with Crippen LogP contribution in [0.2, 0.25) is 0 Å². The van der Waals surface area contributed by atoms with Gasteiger partial charge in [-0.2, -0.15) is 0 Å². The first-order valence-electron chi connectivity index (χ1n) is 15.4. The van der Waals surface area contributed by atoms with Gasteiger partial charge in [-0.25, -0.2) is 4.79 Å². The molecule has 2 fully saturated rings. The number of rotatable bonds is 6. The molecule has 9 nitrogen and oxygen atoms in total. The van der Waals surface area contributed by atoms with Crippen LogP contribution in [0.5, 0.6) is 0 Å². The summed E-state index contributed by atoms with van der Waals surface area (Å²) in [5, 5.41) is 0.583. The van der Waals surface area contributed by atoms with Crippen LogP contribution in [0.4, 0.5) is 0 Å². The van der Waals surface area contributed by atoms with Crippen molar-refractivity contribution in [2.75, 3.05) is 32.8 Å². The first kappa shape index (κ1) is 34.3. The van der Waals surface area contributed by atoms with Crippen molar-refractivity contribution in [1.82, 2.24) is 18.9 Å². The molecule has 1 aliphatic carbocycles. The molecule has 1 unspecified atom stereocenters. The third-order valence-electron chi connectivity index (χ3n) is 7.69. The van der Waals surface area contributed by atoms with Crippen molar-refractivity contribution in [3.8, 4) is 0 Å². The van der Waals surface area contributed by atoms with Gasteiger partial charge in [-0.05, 0) is 45.2 Å². The summed E-state index contributed by atoms with van der Waals surface area (Å²) >= 11 is 0. The Hall–Kier alpha value is -2.94. The first-order chi connectivity index (χ1) is 19.6. The second-order valence-electron chi connectivity index (χ2n) is 11.3. The predicted molar refractivity (Wildman–Crippen MR) is 165 cm³/mol. The summed E-state index contributed by atoms with van der Waals surface area (Å²) in [6, 6.07) is 5.49. The highest BCUT2D eigenvalue weighted by molar-refractivity contribution is 5.82. The summed E-state index contributed by atoms with van der Waals surface area (Å²) in [4.78, 5) is 52.1. The Morgan fingerprint density at radius 2 is 1.51 bits per heavy atom. The number of hydrogen-bond acceptors (Lipinski definition) is 5. The molecule has 0 bridgehead atoms. The fraction of sp³-hybridized carbons (Fsp3) is 0.688. The van der Waals surface area contributed by atoms with Crippen molar-refractivity contribution in [2.24, 2.45) is 20.0 Å². The summed E-state index contributed by atoms with van der Waals surface area (Å²) in [5.41, 5.74) is 1.15. The lowest BCUT2D eigenvalue weighted by Crippen LogP contribution is -2.54. The average Bonchev–Trinajstić information content (AvgIpc) is 2.99. The Balaban J connectivity index is 0.000000280. The first-order valence-corrected chi connectivity index (χ1v) is 15.4. The van der Waals surface area contributed by atoms with Gasteiger partial charge in [0.15, 0.2) is 0 Å².